The lowest BCUT2D eigenvalue weighted by molar-refractivity contribution is 0.132. The maximum Gasteiger partial charge on any atom is 0.0223 e. The molecule has 3 aliphatic rings. The molecule has 3 heteroatoms. The summed E-state index contributed by atoms with van der Waals surface area (Å²) in [5.41, 5.74) is 6.14. The van der Waals surface area contributed by atoms with Crippen LogP contribution in [0.1, 0.15) is 44.9 Å². The van der Waals surface area contributed by atoms with Crippen LogP contribution in [0.15, 0.2) is 0 Å². The third-order valence-electron chi connectivity index (χ3n) is 5.38. The highest BCUT2D eigenvalue weighted by Gasteiger charge is 2.37. The molecular weight excluding hydrogens is 210 g/mol. The van der Waals surface area contributed by atoms with E-state index in [-0.39, 0.29) is 0 Å². The van der Waals surface area contributed by atoms with Crippen molar-refractivity contribution < 1.29 is 0 Å². The van der Waals surface area contributed by atoms with Crippen LogP contribution in [0.25, 0.3) is 0 Å². The standard InChI is InChI=1S/C14H27N3/c1-16-12-5-6-14(16)10-17(8-7-12)13-4-2-3-11(15)9-13/h11-14H,2-10,15H2,1H3. The fraction of sp³-hybridized carbons (Fsp3) is 1.00. The Morgan fingerprint density at radius 3 is 2.59 bits per heavy atom. The van der Waals surface area contributed by atoms with Crippen molar-refractivity contribution in [1.29, 1.82) is 0 Å². The van der Waals surface area contributed by atoms with Crippen molar-refractivity contribution in [2.45, 2.75) is 69.1 Å². The topological polar surface area (TPSA) is 32.5 Å². The second kappa shape index (κ2) is 4.87. The fourth-order valence-electron chi connectivity index (χ4n) is 4.20. The van der Waals surface area contributed by atoms with E-state index in [0.717, 1.165) is 18.1 Å². The minimum absolute atomic E-state index is 0.465. The van der Waals surface area contributed by atoms with Gasteiger partial charge in [0, 0.05) is 30.7 Å². The van der Waals surface area contributed by atoms with Crippen LogP contribution in [0.3, 0.4) is 0 Å². The van der Waals surface area contributed by atoms with Gasteiger partial charge in [0.2, 0.25) is 0 Å². The average molecular weight is 237 g/mol. The van der Waals surface area contributed by atoms with Gasteiger partial charge < -0.3 is 5.73 Å². The van der Waals surface area contributed by atoms with E-state index in [1.54, 1.807) is 0 Å². The third kappa shape index (κ3) is 2.38. The van der Waals surface area contributed by atoms with Crippen molar-refractivity contribution in [2.75, 3.05) is 20.1 Å². The highest BCUT2D eigenvalue weighted by atomic mass is 15.3. The summed E-state index contributed by atoms with van der Waals surface area (Å²) in [6, 6.07) is 2.93. The monoisotopic (exact) mass is 237 g/mol. The van der Waals surface area contributed by atoms with Crippen LogP contribution in [0.4, 0.5) is 0 Å². The summed E-state index contributed by atoms with van der Waals surface area (Å²) in [7, 11) is 2.33. The third-order valence-corrected chi connectivity index (χ3v) is 5.38. The molecule has 1 saturated carbocycles. The number of fused-ring (bicyclic) bond motifs is 2. The summed E-state index contributed by atoms with van der Waals surface area (Å²) in [4.78, 5) is 5.40. The van der Waals surface area contributed by atoms with Crippen molar-refractivity contribution in [1.82, 2.24) is 9.80 Å². The molecule has 2 bridgehead atoms. The molecule has 0 aromatic carbocycles. The van der Waals surface area contributed by atoms with E-state index >= 15 is 0 Å². The first-order valence-corrected chi connectivity index (χ1v) is 7.45. The van der Waals surface area contributed by atoms with Gasteiger partial charge in [-0.2, -0.15) is 0 Å². The van der Waals surface area contributed by atoms with Crippen molar-refractivity contribution >= 4 is 0 Å². The van der Waals surface area contributed by atoms with Crippen LogP contribution in [0.5, 0.6) is 0 Å². The molecule has 0 amide bonds. The van der Waals surface area contributed by atoms with Crippen molar-refractivity contribution in [3.63, 3.8) is 0 Å². The molecule has 2 heterocycles. The SMILES string of the molecule is CN1C2CCC1CN(C1CCCC(N)C1)CC2. The Hall–Kier alpha value is -0.120. The predicted molar refractivity (Wildman–Crippen MR) is 71.0 cm³/mol. The average Bonchev–Trinajstić information content (AvgIpc) is 2.53. The molecule has 3 rings (SSSR count). The van der Waals surface area contributed by atoms with Gasteiger partial charge in [-0.3, -0.25) is 9.80 Å². The Kier molecular flexibility index (Phi) is 3.42. The molecule has 3 fully saturated rings. The maximum absolute atomic E-state index is 6.14. The number of nitrogens with zero attached hydrogens (tertiary/aromatic N) is 2. The number of nitrogens with two attached hydrogens (primary N) is 1. The van der Waals surface area contributed by atoms with Gasteiger partial charge in [0.25, 0.3) is 0 Å². The molecule has 17 heavy (non-hydrogen) atoms. The van der Waals surface area contributed by atoms with Crippen molar-refractivity contribution in [2.24, 2.45) is 5.73 Å². The van der Waals surface area contributed by atoms with Crippen molar-refractivity contribution in [3.05, 3.63) is 0 Å². The number of hydrogen-bond donors (Lipinski definition) is 1. The zero-order chi connectivity index (χ0) is 11.8. The van der Waals surface area contributed by atoms with Gasteiger partial charge in [-0.25, -0.2) is 0 Å². The summed E-state index contributed by atoms with van der Waals surface area (Å²) in [5, 5.41) is 0. The molecule has 0 aromatic heterocycles. The summed E-state index contributed by atoms with van der Waals surface area (Å²) < 4.78 is 0. The highest BCUT2D eigenvalue weighted by molar-refractivity contribution is 4.94. The first kappa shape index (κ1) is 11.9. The highest BCUT2D eigenvalue weighted by Crippen LogP contribution is 2.31. The first-order valence-electron chi connectivity index (χ1n) is 7.45. The van der Waals surface area contributed by atoms with Gasteiger partial charge in [0.15, 0.2) is 0 Å². The number of hydrogen-bond acceptors (Lipinski definition) is 3. The summed E-state index contributed by atoms with van der Waals surface area (Å²) in [6.07, 6.45) is 9.42. The molecule has 0 radical (unpaired) electrons. The van der Waals surface area contributed by atoms with Gasteiger partial charge in [-0.1, -0.05) is 6.42 Å². The zero-order valence-electron chi connectivity index (χ0n) is 11.1. The molecule has 0 aromatic rings. The minimum Gasteiger partial charge on any atom is -0.328 e. The van der Waals surface area contributed by atoms with Crippen LogP contribution in [0.2, 0.25) is 0 Å². The Morgan fingerprint density at radius 1 is 0.941 bits per heavy atom. The molecule has 2 saturated heterocycles. The zero-order valence-corrected chi connectivity index (χ0v) is 11.1. The Balaban J connectivity index is 1.64. The Labute approximate surface area is 105 Å². The van der Waals surface area contributed by atoms with Crippen LogP contribution < -0.4 is 5.73 Å². The first-order chi connectivity index (χ1) is 8.24. The smallest absolute Gasteiger partial charge is 0.0223 e. The summed E-state index contributed by atoms with van der Waals surface area (Å²) in [6.45, 7) is 2.60. The normalized spacial score (nSPS) is 44.8. The van der Waals surface area contributed by atoms with E-state index in [0.29, 0.717) is 6.04 Å². The van der Waals surface area contributed by atoms with Crippen LogP contribution in [0, 0.1) is 0 Å². The van der Waals surface area contributed by atoms with Crippen LogP contribution >= 0.6 is 0 Å². The van der Waals surface area contributed by atoms with E-state index in [9.17, 15) is 0 Å². The molecule has 0 spiro atoms. The van der Waals surface area contributed by atoms with Gasteiger partial charge in [0.1, 0.15) is 0 Å². The molecule has 2 N–H and O–H groups in total. The Bertz CT molecular complexity index is 268. The fourth-order valence-corrected chi connectivity index (χ4v) is 4.20. The van der Waals surface area contributed by atoms with E-state index < -0.39 is 0 Å². The van der Waals surface area contributed by atoms with Crippen LogP contribution in [-0.2, 0) is 0 Å². The number of likely N-dealkylation sites (N-methyl/N-ethyl adjacent to an activating group) is 1. The largest absolute Gasteiger partial charge is 0.328 e. The van der Waals surface area contributed by atoms with E-state index in [4.69, 9.17) is 5.73 Å². The van der Waals surface area contributed by atoms with Crippen molar-refractivity contribution in [3.8, 4) is 0 Å². The molecule has 98 valence electrons. The van der Waals surface area contributed by atoms with Gasteiger partial charge in [-0.05, 0) is 52.1 Å². The molecule has 1 aliphatic carbocycles. The molecule has 4 atom stereocenters. The maximum atomic E-state index is 6.14. The van der Waals surface area contributed by atoms with Gasteiger partial charge in [-0.15, -0.1) is 0 Å². The van der Waals surface area contributed by atoms with Crippen LogP contribution in [-0.4, -0.2) is 54.1 Å². The molecular formula is C14H27N3. The number of likely N-dealkylation sites (tertiary alicyclic amines) is 1. The number of rotatable bonds is 1. The quantitative estimate of drug-likeness (QED) is 0.749. The molecule has 4 unspecified atom stereocenters. The van der Waals surface area contributed by atoms with Gasteiger partial charge in [0.05, 0.1) is 0 Å². The Morgan fingerprint density at radius 2 is 1.76 bits per heavy atom. The summed E-state index contributed by atoms with van der Waals surface area (Å²) in [5.74, 6) is 0. The van der Waals surface area contributed by atoms with E-state index in [1.807, 2.05) is 0 Å². The second-order valence-corrected chi connectivity index (χ2v) is 6.41. The van der Waals surface area contributed by atoms with E-state index in [1.165, 1.54) is 58.0 Å². The lowest BCUT2D eigenvalue weighted by atomic mass is 9.90. The minimum atomic E-state index is 0.465. The lowest BCUT2D eigenvalue weighted by Gasteiger charge is -2.37. The summed E-state index contributed by atoms with van der Waals surface area (Å²) >= 11 is 0. The molecule has 3 nitrogen and oxygen atoms in total. The van der Waals surface area contributed by atoms with E-state index in [2.05, 4.69) is 16.8 Å². The molecule has 2 aliphatic heterocycles. The van der Waals surface area contributed by atoms with Gasteiger partial charge >= 0.3 is 0 Å². The predicted octanol–water partition coefficient (Wildman–Crippen LogP) is 1.42. The lowest BCUT2D eigenvalue weighted by Crippen LogP contribution is -2.46. The second-order valence-electron chi connectivity index (χ2n) is 6.41.